The highest BCUT2D eigenvalue weighted by Gasteiger charge is 2.24. The molecule has 1 aromatic rings. The van der Waals surface area contributed by atoms with Gasteiger partial charge in [0.2, 0.25) is 0 Å². The smallest absolute Gasteiger partial charge is 0.163 e. The average Bonchev–Trinajstić information content (AvgIpc) is 2.40. The molecule has 0 aliphatic heterocycles. The molecule has 0 amide bonds. The van der Waals surface area contributed by atoms with Gasteiger partial charge in [0.25, 0.3) is 0 Å². The molecular formula is C16H20O. The lowest BCUT2D eigenvalue weighted by atomic mass is 9.78. The molecule has 3 rings (SSSR count). The van der Waals surface area contributed by atoms with Crippen LogP contribution in [-0.2, 0) is 6.42 Å². The molecule has 90 valence electrons. The normalized spacial score (nSPS) is 21.3. The Morgan fingerprint density at radius 3 is 2.59 bits per heavy atom. The molecule has 17 heavy (non-hydrogen) atoms. The maximum atomic E-state index is 11.9. The molecule has 0 unspecified atom stereocenters. The zero-order chi connectivity index (χ0) is 11.7. The van der Waals surface area contributed by atoms with Crippen LogP contribution in [0.1, 0.15) is 72.3 Å². The van der Waals surface area contributed by atoms with Crippen molar-refractivity contribution in [2.75, 3.05) is 0 Å². The van der Waals surface area contributed by atoms with Gasteiger partial charge in [0.15, 0.2) is 5.78 Å². The first kappa shape index (κ1) is 11.0. The maximum absolute atomic E-state index is 11.9. The van der Waals surface area contributed by atoms with Crippen LogP contribution in [0.2, 0.25) is 0 Å². The molecule has 1 nitrogen and oxygen atoms in total. The summed E-state index contributed by atoms with van der Waals surface area (Å²) >= 11 is 0. The minimum atomic E-state index is 0.365. The number of hydrogen-bond donors (Lipinski definition) is 0. The van der Waals surface area contributed by atoms with Gasteiger partial charge >= 0.3 is 0 Å². The number of hydrogen-bond acceptors (Lipinski definition) is 1. The Kier molecular flexibility index (Phi) is 3.00. The second-order valence-corrected chi connectivity index (χ2v) is 5.49. The Hall–Kier alpha value is -1.11. The van der Waals surface area contributed by atoms with E-state index in [1.165, 1.54) is 43.2 Å². The van der Waals surface area contributed by atoms with Gasteiger partial charge in [0.1, 0.15) is 0 Å². The van der Waals surface area contributed by atoms with Crippen molar-refractivity contribution in [3.63, 3.8) is 0 Å². The number of carbonyl (C=O) groups excluding carboxylic acids is 1. The second kappa shape index (κ2) is 4.64. The first-order valence-corrected chi connectivity index (χ1v) is 7.01. The summed E-state index contributed by atoms with van der Waals surface area (Å²) in [6.07, 6.45) is 9.69. The van der Waals surface area contributed by atoms with Crippen LogP contribution in [0, 0.1) is 0 Å². The molecule has 1 fully saturated rings. The zero-order valence-corrected chi connectivity index (χ0v) is 10.4. The van der Waals surface area contributed by atoms with Crippen LogP contribution in [0.4, 0.5) is 0 Å². The summed E-state index contributed by atoms with van der Waals surface area (Å²) in [5.41, 5.74) is 3.91. The van der Waals surface area contributed by atoms with Crippen molar-refractivity contribution in [3.8, 4) is 0 Å². The lowest BCUT2D eigenvalue weighted by Crippen LogP contribution is -2.15. The topological polar surface area (TPSA) is 17.1 Å². The highest BCUT2D eigenvalue weighted by molar-refractivity contribution is 5.98. The van der Waals surface area contributed by atoms with Gasteiger partial charge in [-0.15, -0.1) is 0 Å². The summed E-state index contributed by atoms with van der Waals surface area (Å²) in [5, 5.41) is 0. The van der Waals surface area contributed by atoms with E-state index < -0.39 is 0 Å². The van der Waals surface area contributed by atoms with E-state index in [-0.39, 0.29) is 0 Å². The van der Waals surface area contributed by atoms with Crippen molar-refractivity contribution in [2.45, 2.75) is 57.3 Å². The van der Waals surface area contributed by atoms with Crippen molar-refractivity contribution >= 4 is 5.78 Å². The predicted octanol–water partition coefficient (Wildman–Crippen LogP) is 4.25. The van der Waals surface area contributed by atoms with Gasteiger partial charge in [-0.2, -0.15) is 0 Å². The fraction of sp³-hybridized carbons (Fsp3) is 0.562. The van der Waals surface area contributed by atoms with Gasteiger partial charge in [-0.05, 0) is 42.7 Å². The molecule has 0 saturated heterocycles. The molecule has 0 spiro atoms. The van der Waals surface area contributed by atoms with Gasteiger partial charge in [0, 0.05) is 12.0 Å². The molecule has 0 heterocycles. The average molecular weight is 228 g/mol. The molecule has 1 saturated carbocycles. The Morgan fingerprint density at radius 1 is 0.941 bits per heavy atom. The van der Waals surface area contributed by atoms with Crippen molar-refractivity contribution in [1.82, 2.24) is 0 Å². The van der Waals surface area contributed by atoms with Gasteiger partial charge in [-0.3, -0.25) is 4.79 Å². The molecule has 1 aromatic carbocycles. The highest BCUT2D eigenvalue weighted by atomic mass is 16.1. The summed E-state index contributed by atoms with van der Waals surface area (Å²) in [4.78, 5) is 11.9. The molecule has 0 N–H and O–H groups in total. The van der Waals surface area contributed by atoms with Gasteiger partial charge in [0.05, 0.1) is 0 Å². The van der Waals surface area contributed by atoms with Crippen LogP contribution in [0.3, 0.4) is 0 Å². The molecule has 0 aromatic heterocycles. The SMILES string of the molecule is O=C1CCCc2c1cccc2C1CCCCC1. The standard InChI is InChI=1S/C16H20O/c17-16-11-5-9-14-13(8-4-10-15(14)16)12-6-2-1-3-7-12/h4,8,10,12H,1-3,5-7,9,11H2. The van der Waals surface area contributed by atoms with Gasteiger partial charge < -0.3 is 0 Å². The summed E-state index contributed by atoms with van der Waals surface area (Å²) in [7, 11) is 0. The monoisotopic (exact) mass is 228 g/mol. The summed E-state index contributed by atoms with van der Waals surface area (Å²) in [6.45, 7) is 0. The Bertz CT molecular complexity index is 427. The predicted molar refractivity (Wildman–Crippen MR) is 69.5 cm³/mol. The third kappa shape index (κ3) is 2.03. The lowest BCUT2D eigenvalue weighted by molar-refractivity contribution is 0.0972. The first-order valence-electron chi connectivity index (χ1n) is 7.01. The largest absolute Gasteiger partial charge is 0.294 e. The molecule has 0 bridgehead atoms. The Morgan fingerprint density at radius 2 is 1.76 bits per heavy atom. The molecular weight excluding hydrogens is 208 g/mol. The van der Waals surface area contributed by atoms with E-state index in [1.54, 1.807) is 0 Å². The number of Topliss-reactive ketones (excluding diaryl/α,β-unsaturated/α-hetero) is 1. The minimum Gasteiger partial charge on any atom is -0.294 e. The number of rotatable bonds is 1. The third-order valence-corrected chi connectivity index (χ3v) is 4.39. The molecule has 2 aliphatic rings. The molecule has 0 atom stereocenters. The van der Waals surface area contributed by atoms with E-state index in [2.05, 4.69) is 12.1 Å². The fourth-order valence-corrected chi connectivity index (χ4v) is 3.50. The third-order valence-electron chi connectivity index (χ3n) is 4.39. The van der Waals surface area contributed by atoms with Crippen LogP contribution in [-0.4, -0.2) is 5.78 Å². The number of ketones is 1. The molecule has 0 radical (unpaired) electrons. The molecule has 1 heteroatoms. The van der Waals surface area contributed by atoms with Crippen LogP contribution < -0.4 is 0 Å². The van der Waals surface area contributed by atoms with E-state index in [0.29, 0.717) is 5.78 Å². The van der Waals surface area contributed by atoms with Crippen molar-refractivity contribution in [1.29, 1.82) is 0 Å². The quantitative estimate of drug-likeness (QED) is 0.702. The van der Waals surface area contributed by atoms with E-state index in [9.17, 15) is 4.79 Å². The summed E-state index contributed by atoms with van der Waals surface area (Å²) in [5.74, 6) is 1.09. The summed E-state index contributed by atoms with van der Waals surface area (Å²) < 4.78 is 0. The molecule has 2 aliphatic carbocycles. The Labute approximate surface area is 103 Å². The Balaban J connectivity index is 1.99. The van der Waals surface area contributed by atoms with Crippen LogP contribution >= 0.6 is 0 Å². The summed E-state index contributed by atoms with van der Waals surface area (Å²) in [6, 6.07) is 6.39. The van der Waals surface area contributed by atoms with Crippen molar-refractivity contribution in [3.05, 3.63) is 34.9 Å². The second-order valence-electron chi connectivity index (χ2n) is 5.49. The van der Waals surface area contributed by atoms with E-state index in [4.69, 9.17) is 0 Å². The maximum Gasteiger partial charge on any atom is 0.163 e. The van der Waals surface area contributed by atoms with E-state index >= 15 is 0 Å². The number of benzene rings is 1. The highest BCUT2D eigenvalue weighted by Crippen LogP contribution is 2.37. The van der Waals surface area contributed by atoms with E-state index in [1.807, 2.05) is 6.07 Å². The van der Waals surface area contributed by atoms with Gasteiger partial charge in [-0.25, -0.2) is 0 Å². The minimum absolute atomic E-state index is 0.365. The van der Waals surface area contributed by atoms with Crippen LogP contribution in [0.15, 0.2) is 18.2 Å². The fourth-order valence-electron chi connectivity index (χ4n) is 3.50. The van der Waals surface area contributed by atoms with Gasteiger partial charge in [-0.1, -0.05) is 37.5 Å². The first-order chi connectivity index (χ1) is 8.36. The van der Waals surface area contributed by atoms with Crippen LogP contribution in [0.25, 0.3) is 0 Å². The number of carbonyl (C=O) groups is 1. The van der Waals surface area contributed by atoms with Crippen molar-refractivity contribution < 1.29 is 4.79 Å². The van der Waals surface area contributed by atoms with Crippen molar-refractivity contribution in [2.24, 2.45) is 0 Å². The zero-order valence-electron chi connectivity index (χ0n) is 10.4. The number of fused-ring (bicyclic) bond motifs is 1. The lowest BCUT2D eigenvalue weighted by Gasteiger charge is -2.27. The van der Waals surface area contributed by atoms with E-state index in [0.717, 1.165) is 30.7 Å². The van der Waals surface area contributed by atoms with Crippen LogP contribution in [0.5, 0.6) is 0 Å².